The first-order valence-corrected chi connectivity index (χ1v) is 7.25. The first kappa shape index (κ1) is 14.2. The Morgan fingerprint density at radius 3 is 2.33 bits per heavy atom. The average molecular weight is 321 g/mol. The fourth-order valence-corrected chi connectivity index (χ4v) is 2.62. The van der Waals surface area contributed by atoms with E-state index in [0.717, 1.165) is 10.9 Å². The summed E-state index contributed by atoms with van der Waals surface area (Å²) in [6.07, 6.45) is 0. The van der Waals surface area contributed by atoms with Crippen molar-refractivity contribution in [3.63, 3.8) is 0 Å². The summed E-state index contributed by atoms with van der Waals surface area (Å²) in [4.78, 5) is 41.6. The molecule has 0 saturated heterocycles. The number of hydrogen-bond donors (Lipinski definition) is 0. The van der Waals surface area contributed by atoms with Crippen molar-refractivity contribution in [2.24, 2.45) is 0 Å². The van der Waals surface area contributed by atoms with Crippen molar-refractivity contribution in [2.45, 2.75) is 6.92 Å². The molecule has 0 unspecified atom stereocenters. The van der Waals surface area contributed by atoms with Crippen molar-refractivity contribution in [3.8, 4) is 0 Å². The molecule has 1 aliphatic heterocycles. The fourth-order valence-electron chi connectivity index (χ4n) is 2.62. The highest BCUT2D eigenvalue weighted by Gasteiger charge is 2.39. The van der Waals surface area contributed by atoms with E-state index in [4.69, 9.17) is 9.25 Å². The summed E-state index contributed by atoms with van der Waals surface area (Å²) in [6, 6.07) is 13.3. The molecule has 0 bridgehead atoms. The lowest BCUT2D eigenvalue weighted by Crippen LogP contribution is -2.32. The van der Waals surface area contributed by atoms with Gasteiger partial charge in [-0.3, -0.25) is 9.59 Å². The van der Waals surface area contributed by atoms with Crippen LogP contribution < -0.4 is 0 Å². The summed E-state index contributed by atoms with van der Waals surface area (Å²) in [5, 5.41) is 1.20. The highest BCUT2D eigenvalue weighted by atomic mass is 16.7. The van der Waals surface area contributed by atoms with E-state index in [2.05, 4.69) is 0 Å². The van der Waals surface area contributed by atoms with E-state index in [1.807, 2.05) is 19.1 Å². The number of furan rings is 1. The summed E-state index contributed by atoms with van der Waals surface area (Å²) in [5.74, 6) is -2.32. The third kappa shape index (κ3) is 2.08. The van der Waals surface area contributed by atoms with Crippen LogP contribution in [-0.4, -0.2) is 22.8 Å². The minimum absolute atomic E-state index is 0.0767. The van der Waals surface area contributed by atoms with Gasteiger partial charge in [-0.1, -0.05) is 29.3 Å². The second kappa shape index (κ2) is 5.06. The van der Waals surface area contributed by atoms with E-state index in [-0.39, 0.29) is 16.9 Å². The van der Waals surface area contributed by atoms with Gasteiger partial charge in [-0.15, -0.1) is 0 Å². The molecule has 1 aromatic heterocycles. The van der Waals surface area contributed by atoms with E-state index in [1.54, 1.807) is 18.2 Å². The van der Waals surface area contributed by atoms with Gasteiger partial charge in [0.25, 0.3) is 11.8 Å². The molecule has 0 saturated carbocycles. The molecule has 2 aromatic carbocycles. The van der Waals surface area contributed by atoms with E-state index in [0.29, 0.717) is 10.6 Å². The fraction of sp³-hybridized carbons (Fsp3) is 0.0556. The number of hydrogen-bond acceptors (Lipinski definition) is 5. The van der Waals surface area contributed by atoms with Gasteiger partial charge in [0.1, 0.15) is 5.58 Å². The summed E-state index contributed by atoms with van der Waals surface area (Å²) in [7, 11) is 0. The van der Waals surface area contributed by atoms with Gasteiger partial charge in [0.2, 0.25) is 5.76 Å². The number of imide groups is 1. The number of hydroxylamine groups is 2. The van der Waals surface area contributed by atoms with Crippen LogP contribution in [0.15, 0.2) is 52.9 Å². The van der Waals surface area contributed by atoms with Crippen molar-refractivity contribution < 1.29 is 23.6 Å². The standard InChI is InChI=1S/C18H11NO5/c1-10-6-7-11-9-15(23-14(11)8-10)18(22)24-19-16(20)12-4-2-3-5-13(12)17(19)21/h2-9H,1H3. The van der Waals surface area contributed by atoms with E-state index in [9.17, 15) is 14.4 Å². The van der Waals surface area contributed by atoms with Gasteiger partial charge in [0.05, 0.1) is 11.1 Å². The second-order valence-electron chi connectivity index (χ2n) is 5.48. The lowest BCUT2D eigenvalue weighted by molar-refractivity contribution is -0.0602. The molecular formula is C18H11NO5. The normalized spacial score (nSPS) is 13.5. The Kier molecular flexibility index (Phi) is 2.99. The summed E-state index contributed by atoms with van der Waals surface area (Å²) in [6.45, 7) is 1.90. The lowest BCUT2D eigenvalue weighted by Gasteiger charge is -2.11. The number of aryl methyl sites for hydroxylation is 1. The molecule has 0 atom stereocenters. The smallest absolute Gasteiger partial charge is 0.399 e. The molecule has 2 amide bonds. The Hall–Kier alpha value is -3.41. The molecule has 6 nitrogen and oxygen atoms in total. The quantitative estimate of drug-likeness (QED) is 0.678. The molecule has 0 fully saturated rings. The van der Waals surface area contributed by atoms with E-state index >= 15 is 0 Å². The molecule has 3 aromatic rings. The number of nitrogens with zero attached hydrogens (tertiary/aromatic N) is 1. The molecule has 0 radical (unpaired) electrons. The zero-order valence-corrected chi connectivity index (χ0v) is 12.6. The highest BCUT2D eigenvalue weighted by Crippen LogP contribution is 2.25. The predicted molar refractivity (Wildman–Crippen MR) is 83.3 cm³/mol. The summed E-state index contributed by atoms with van der Waals surface area (Å²) >= 11 is 0. The van der Waals surface area contributed by atoms with Crippen LogP contribution in [0.5, 0.6) is 0 Å². The van der Waals surface area contributed by atoms with Gasteiger partial charge < -0.3 is 9.25 Å². The topological polar surface area (TPSA) is 76.8 Å². The van der Waals surface area contributed by atoms with Gasteiger partial charge in [-0.25, -0.2) is 4.79 Å². The van der Waals surface area contributed by atoms with Crippen LogP contribution in [0.2, 0.25) is 0 Å². The number of carbonyl (C=O) groups excluding carboxylic acids is 3. The Balaban J connectivity index is 1.62. The minimum atomic E-state index is -0.904. The van der Waals surface area contributed by atoms with Crippen molar-refractivity contribution in [3.05, 3.63) is 71.0 Å². The van der Waals surface area contributed by atoms with Crippen molar-refractivity contribution in [2.75, 3.05) is 0 Å². The molecule has 4 rings (SSSR count). The maximum Gasteiger partial charge on any atom is 0.399 e. The van der Waals surface area contributed by atoms with Crippen molar-refractivity contribution >= 4 is 28.8 Å². The van der Waals surface area contributed by atoms with E-state index in [1.165, 1.54) is 18.2 Å². The second-order valence-corrected chi connectivity index (χ2v) is 5.48. The lowest BCUT2D eigenvalue weighted by atomic mass is 10.1. The van der Waals surface area contributed by atoms with Crippen molar-refractivity contribution in [1.29, 1.82) is 0 Å². The van der Waals surface area contributed by atoms with Crippen LogP contribution in [0.1, 0.15) is 36.8 Å². The zero-order chi connectivity index (χ0) is 16.8. The van der Waals surface area contributed by atoms with Crippen LogP contribution in [0.25, 0.3) is 11.0 Å². The molecule has 0 N–H and O–H groups in total. The monoisotopic (exact) mass is 321 g/mol. The number of fused-ring (bicyclic) bond motifs is 2. The van der Waals surface area contributed by atoms with E-state index < -0.39 is 17.8 Å². The van der Waals surface area contributed by atoms with Crippen LogP contribution in [-0.2, 0) is 4.84 Å². The molecule has 6 heteroatoms. The van der Waals surface area contributed by atoms with Gasteiger partial charge >= 0.3 is 5.97 Å². The van der Waals surface area contributed by atoms with Crippen LogP contribution in [0, 0.1) is 6.92 Å². The van der Waals surface area contributed by atoms with Crippen LogP contribution in [0.3, 0.4) is 0 Å². The van der Waals surface area contributed by atoms with Gasteiger partial charge in [0, 0.05) is 5.39 Å². The molecule has 24 heavy (non-hydrogen) atoms. The Labute approximate surface area is 136 Å². The third-order valence-corrected chi connectivity index (χ3v) is 3.81. The summed E-state index contributed by atoms with van der Waals surface area (Å²) < 4.78 is 5.44. The Bertz CT molecular complexity index is 982. The maximum absolute atomic E-state index is 12.2. The minimum Gasteiger partial charge on any atom is -0.449 e. The number of carbonyl (C=O) groups is 3. The molecule has 118 valence electrons. The van der Waals surface area contributed by atoms with Crippen LogP contribution >= 0.6 is 0 Å². The number of rotatable bonds is 2. The molecule has 2 heterocycles. The average Bonchev–Trinajstić information content (AvgIpc) is 3.10. The highest BCUT2D eigenvalue weighted by molar-refractivity contribution is 6.21. The molecular weight excluding hydrogens is 310 g/mol. The Morgan fingerprint density at radius 2 is 1.67 bits per heavy atom. The van der Waals surface area contributed by atoms with Crippen LogP contribution in [0.4, 0.5) is 0 Å². The molecule has 0 aliphatic carbocycles. The van der Waals surface area contributed by atoms with Gasteiger partial charge in [0.15, 0.2) is 0 Å². The van der Waals surface area contributed by atoms with Gasteiger partial charge in [-0.05, 0) is 36.8 Å². The van der Waals surface area contributed by atoms with Gasteiger partial charge in [-0.2, -0.15) is 0 Å². The maximum atomic E-state index is 12.2. The molecule has 0 spiro atoms. The largest absolute Gasteiger partial charge is 0.449 e. The number of benzene rings is 2. The first-order valence-electron chi connectivity index (χ1n) is 7.25. The third-order valence-electron chi connectivity index (χ3n) is 3.81. The molecule has 1 aliphatic rings. The SMILES string of the molecule is Cc1ccc2cc(C(=O)ON3C(=O)c4ccccc4C3=O)oc2c1. The summed E-state index contributed by atoms with van der Waals surface area (Å²) in [5.41, 5.74) is 1.92. The zero-order valence-electron chi connectivity index (χ0n) is 12.6. The number of amides is 2. The Morgan fingerprint density at radius 1 is 1.00 bits per heavy atom. The predicted octanol–water partition coefficient (Wildman–Crippen LogP) is 3.11. The first-order chi connectivity index (χ1) is 11.5. The van der Waals surface area contributed by atoms with Crippen molar-refractivity contribution in [1.82, 2.24) is 5.06 Å².